The van der Waals surface area contributed by atoms with Crippen molar-refractivity contribution in [2.75, 3.05) is 0 Å². The fourth-order valence-electron chi connectivity index (χ4n) is 1.75. The molecule has 6 heteroatoms. The first-order chi connectivity index (χ1) is 10.4. The number of fused-ring (bicyclic) bond motifs is 1. The molecule has 0 fully saturated rings. The Kier molecular flexibility index (Phi) is 3.48. The van der Waals surface area contributed by atoms with Crippen LogP contribution in [0.3, 0.4) is 0 Å². The first-order valence-electron chi connectivity index (χ1n) is 6.11. The molecule has 0 aliphatic heterocycles. The third-order valence-electron chi connectivity index (χ3n) is 2.74. The molecular formula is C15H10N4O2. The summed E-state index contributed by atoms with van der Waals surface area (Å²) in [6.07, 6.45) is 9.54. The highest BCUT2D eigenvalue weighted by molar-refractivity contribution is 5.78. The monoisotopic (exact) mass is 278 g/mol. The Morgan fingerprint density at radius 3 is 2.48 bits per heavy atom. The summed E-state index contributed by atoms with van der Waals surface area (Å²) in [5.41, 5.74) is 4.21. The largest absolute Gasteiger partial charge is 0.472 e. The molecule has 0 amide bonds. The van der Waals surface area contributed by atoms with Crippen LogP contribution in [0.2, 0.25) is 0 Å². The Hall–Kier alpha value is -3.33. The van der Waals surface area contributed by atoms with Gasteiger partial charge in [0.05, 0.1) is 30.0 Å². The molecule has 0 radical (unpaired) electrons. The van der Waals surface area contributed by atoms with E-state index in [0.29, 0.717) is 5.56 Å². The fraction of sp³-hybridized carbons (Fsp3) is 0. The summed E-state index contributed by atoms with van der Waals surface area (Å²) in [5, 5.41) is 8.12. The van der Waals surface area contributed by atoms with Gasteiger partial charge in [-0.1, -0.05) is 0 Å². The van der Waals surface area contributed by atoms with Crippen molar-refractivity contribution in [3.05, 3.63) is 61.2 Å². The third-order valence-corrected chi connectivity index (χ3v) is 2.74. The first kappa shape index (κ1) is 12.7. The number of nitriles is 1. The zero-order valence-corrected chi connectivity index (χ0v) is 10.9. The molecule has 1 N–H and O–H groups in total. The molecule has 0 atom stereocenters. The van der Waals surface area contributed by atoms with E-state index in [4.69, 9.17) is 9.68 Å². The number of nitrogens with one attached hydrogen (secondary N) is 1. The van der Waals surface area contributed by atoms with Gasteiger partial charge in [-0.05, 0) is 18.2 Å². The van der Waals surface area contributed by atoms with E-state index in [-0.39, 0.29) is 0 Å². The normalized spacial score (nSPS) is 9.86. The van der Waals surface area contributed by atoms with Gasteiger partial charge in [0.2, 0.25) is 0 Å². The minimum Gasteiger partial charge on any atom is -0.472 e. The molecule has 6 nitrogen and oxygen atoms in total. The minimum absolute atomic E-state index is 0.569. The van der Waals surface area contributed by atoms with E-state index < -0.39 is 0 Å². The van der Waals surface area contributed by atoms with Crippen molar-refractivity contribution in [2.24, 2.45) is 0 Å². The molecule has 0 aromatic carbocycles. The third kappa shape index (κ3) is 2.82. The molecule has 4 aromatic heterocycles. The Morgan fingerprint density at radius 2 is 1.86 bits per heavy atom. The quantitative estimate of drug-likeness (QED) is 0.576. The number of rotatable bonds is 1. The lowest BCUT2D eigenvalue weighted by molar-refractivity contribution is 0.566. The second-order valence-electron chi connectivity index (χ2n) is 4.11. The van der Waals surface area contributed by atoms with Crippen LogP contribution >= 0.6 is 0 Å². The Bertz CT molecular complexity index is 822. The number of aromatic nitrogens is 3. The summed E-state index contributed by atoms with van der Waals surface area (Å²) < 4.78 is 9.59. The average molecular weight is 278 g/mol. The van der Waals surface area contributed by atoms with Crippen LogP contribution in [0.4, 0.5) is 0 Å². The maximum Gasteiger partial charge on any atom is 0.156 e. The molecule has 4 rings (SSSR count). The van der Waals surface area contributed by atoms with Crippen molar-refractivity contribution >= 4 is 11.2 Å². The van der Waals surface area contributed by atoms with Crippen LogP contribution in [0.1, 0.15) is 5.56 Å². The maximum atomic E-state index is 8.12. The van der Waals surface area contributed by atoms with Crippen LogP contribution in [0, 0.1) is 11.3 Å². The van der Waals surface area contributed by atoms with Crippen LogP contribution in [0.5, 0.6) is 0 Å². The lowest BCUT2D eigenvalue weighted by Gasteiger charge is -1.86. The Labute approximate surface area is 119 Å². The molecular weight excluding hydrogens is 268 g/mol. The number of nitrogens with zero attached hydrogens (tertiary/aromatic N) is 3. The SMILES string of the molecule is N#Cc1ccoc1.c1cnc2[nH]c(-c3ccoc3)cc2n1. The van der Waals surface area contributed by atoms with Crippen molar-refractivity contribution in [3.63, 3.8) is 0 Å². The van der Waals surface area contributed by atoms with Gasteiger partial charge in [0.1, 0.15) is 17.8 Å². The fourth-order valence-corrected chi connectivity index (χ4v) is 1.75. The second-order valence-corrected chi connectivity index (χ2v) is 4.11. The van der Waals surface area contributed by atoms with Crippen LogP contribution < -0.4 is 0 Å². The van der Waals surface area contributed by atoms with Gasteiger partial charge in [-0.25, -0.2) is 4.98 Å². The van der Waals surface area contributed by atoms with Crippen LogP contribution in [0.25, 0.3) is 22.4 Å². The number of hydrogen-bond donors (Lipinski definition) is 1. The van der Waals surface area contributed by atoms with Gasteiger partial charge >= 0.3 is 0 Å². The van der Waals surface area contributed by atoms with Crippen molar-refractivity contribution in [2.45, 2.75) is 0 Å². The average Bonchev–Trinajstić information content (AvgIpc) is 3.26. The molecule has 4 heterocycles. The van der Waals surface area contributed by atoms with Crippen LogP contribution in [-0.4, -0.2) is 15.0 Å². The number of H-pyrrole nitrogens is 1. The van der Waals surface area contributed by atoms with Crippen molar-refractivity contribution in [3.8, 4) is 17.3 Å². The van der Waals surface area contributed by atoms with Gasteiger partial charge in [-0.3, -0.25) is 4.98 Å². The molecule has 0 aliphatic rings. The highest BCUT2D eigenvalue weighted by Crippen LogP contribution is 2.21. The Morgan fingerprint density at radius 1 is 1.05 bits per heavy atom. The predicted molar refractivity (Wildman–Crippen MR) is 75.0 cm³/mol. The molecule has 0 spiro atoms. The summed E-state index contributed by atoms with van der Waals surface area (Å²) in [4.78, 5) is 11.5. The number of hydrogen-bond acceptors (Lipinski definition) is 5. The van der Waals surface area contributed by atoms with E-state index in [2.05, 4.69) is 19.4 Å². The number of aromatic amines is 1. The van der Waals surface area contributed by atoms with Gasteiger partial charge in [0, 0.05) is 18.0 Å². The van der Waals surface area contributed by atoms with Gasteiger partial charge in [0.25, 0.3) is 0 Å². The van der Waals surface area contributed by atoms with Crippen LogP contribution in [-0.2, 0) is 0 Å². The van der Waals surface area contributed by atoms with Crippen molar-refractivity contribution in [1.82, 2.24) is 15.0 Å². The van der Waals surface area contributed by atoms with Gasteiger partial charge in [-0.15, -0.1) is 0 Å². The summed E-state index contributed by atoms with van der Waals surface area (Å²) >= 11 is 0. The topological polar surface area (TPSA) is 91.6 Å². The van der Waals surface area contributed by atoms with Crippen LogP contribution in [0.15, 0.2) is 64.5 Å². The highest BCUT2D eigenvalue weighted by Gasteiger charge is 2.04. The molecule has 0 saturated heterocycles. The molecule has 4 aromatic rings. The summed E-state index contributed by atoms with van der Waals surface area (Å²) in [7, 11) is 0. The summed E-state index contributed by atoms with van der Waals surface area (Å²) in [5.74, 6) is 0. The van der Waals surface area contributed by atoms with Gasteiger partial charge in [0.15, 0.2) is 5.65 Å². The van der Waals surface area contributed by atoms with E-state index in [9.17, 15) is 0 Å². The molecule has 0 aliphatic carbocycles. The summed E-state index contributed by atoms with van der Waals surface area (Å²) in [6.45, 7) is 0. The van der Waals surface area contributed by atoms with E-state index in [1.807, 2.05) is 18.2 Å². The smallest absolute Gasteiger partial charge is 0.156 e. The maximum absolute atomic E-state index is 8.12. The lowest BCUT2D eigenvalue weighted by Crippen LogP contribution is -1.76. The van der Waals surface area contributed by atoms with E-state index in [1.165, 1.54) is 12.5 Å². The zero-order chi connectivity index (χ0) is 14.5. The predicted octanol–water partition coefficient (Wildman–Crippen LogP) is 3.37. The summed E-state index contributed by atoms with van der Waals surface area (Å²) in [6, 6.07) is 7.37. The standard InChI is InChI=1S/C10H7N3O.C5H3NO/c1-4-14-6-7(1)8-5-9-10(13-8)12-3-2-11-9;6-3-5-1-2-7-4-5/h1-6H,(H,12,13);1-2,4H. The second kappa shape index (κ2) is 5.75. The number of furan rings is 2. The molecule has 0 saturated carbocycles. The van der Waals surface area contributed by atoms with E-state index in [1.54, 1.807) is 31.0 Å². The highest BCUT2D eigenvalue weighted by atomic mass is 16.3. The molecule has 102 valence electrons. The van der Waals surface area contributed by atoms with E-state index >= 15 is 0 Å². The Balaban J connectivity index is 0.000000160. The van der Waals surface area contributed by atoms with Gasteiger partial charge in [-0.2, -0.15) is 5.26 Å². The molecule has 21 heavy (non-hydrogen) atoms. The molecule has 0 bridgehead atoms. The minimum atomic E-state index is 0.569. The lowest BCUT2D eigenvalue weighted by atomic mass is 10.2. The zero-order valence-electron chi connectivity index (χ0n) is 10.9. The van der Waals surface area contributed by atoms with Crippen molar-refractivity contribution in [1.29, 1.82) is 5.26 Å². The van der Waals surface area contributed by atoms with Crippen molar-refractivity contribution < 1.29 is 8.83 Å². The molecule has 0 unspecified atom stereocenters. The van der Waals surface area contributed by atoms with E-state index in [0.717, 1.165) is 22.4 Å². The first-order valence-corrected chi connectivity index (χ1v) is 6.11. The van der Waals surface area contributed by atoms with Gasteiger partial charge < -0.3 is 13.8 Å².